The summed E-state index contributed by atoms with van der Waals surface area (Å²) < 4.78 is 3.35. The van der Waals surface area contributed by atoms with Gasteiger partial charge in [0.1, 0.15) is 0 Å². The van der Waals surface area contributed by atoms with Crippen LogP contribution in [0.25, 0.3) is 15.3 Å². The van der Waals surface area contributed by atoms with Crippen LogP contribution in [0.15, 0.2) is 67.0 Å². The molecule has 0 radical (unpaired) electrons. The number of benzene rings is 1. The number of nitrogens with zero attached hydrogens (tertiary/aromatic N) is 4. The molecule has 1 aliphatic heterocycles. The van der Waals surface area contributed by atoms with Gasteiger partial charge in [0.2, 0.25) is 0 Å². The Bertz CT molecular complexity index is 1080. The summed E-state index contributed by atoms with van der Waals surface area (Å²) >= 11 is 7.24. The number of nitrogens with one attached hydrogen (secondary N) is 1. The summed E-state index contributed by atoms with van der Waals surface area (Å²) in [4.78, 5) is 11.5. The smallest absolute Gasteiger partial charge is 0.194 e. The first-order chi connectivity index (χ1) is 13.2. The fourth-order valence-electron chi connectivity index (χ4n) is 3.60. The van der Waals surface area contributed by atoms with Crippen molar-refractivity contribution in [3.05, 3.63) is 78.4 Å². The molecule has 0 bridgehead atoms. The number of likely N-dealkylation sites (N-methyl/N-ethyl adjacent to an activating group) is 1. The van der Waals surface area contributed by atoms with E-state index in [1.54, 1.807) is 11.3 Å². The van der Waals surface area contributed by atoms with Crippen molar-refractivity contribution in [1.29, 1.82) is 0 Å². The first-order valence-electron chi connectivity index (χ1n) is 8.70. The van der Waals surface area contributed by atoms with Gasteiger partial charge in [-0.1, -0.05) is 29.5 Å². The quantitative estimate of drug-likeness (QED) is 0.533. The Morgan fingerprint density at radius 1 is 1.07 bits per heavy atom. The molecule has 0 spiro atoms. The van der Waals surface area contributed by atoms with Crippen molar-refractivity contribution in [2.45, 2.75) is 12.1 Å². The van der Waals surface area contributed by atoms with Crippen molar-refractivity contribution in [2.75, 3.05) is 7.05 Å². The fraction of sp³-hybridized carbons (Fsp3) is 0.150. The van der Waals surface area contributed by atoms with Crippen LogP contribution in [0.2, 0.25) is 0 Å². The van der Waals surface area contributed by atoms with E-state index in [0.29, 0.717) is 0 Å². The molecule has 134 valence electrons. The Kier molecular flexibility index (Phi) is 3.91. The largest absolute Gasteiger partial charge is 0.352 e. The third kappa shape index (κ3) is 2.70. The highest BCUT2D eigenvalue weighted by molar-refractivity contribution is 7.80. The van der Waals surface area contributed by atoms with E-state index in [0.717, 1.165) is 27.1 Å². The number of thiazole rings is 1. The van der Waals surface area contributed by atoms with E-state index in [-0.39, 0.29) is 12.1 Å². The molecule has 1 aliphatic rings. The Balaban J connectivity index is 1.61. The minimum absolute atomic E-state index is 0.00766. The number of para-hydroxylation sites is 1. The molecular formula is C20H17N5S2. The molecule has 4 aromatic rings. The lowest BCUT2D eigenvalue weighted by Gasteiger charge is -2.25. The summed E-state index contributed by atoms with van der Waals surface area (Å²) in [5.74, 6) is 0. The third-order valence-corrected chi connectivity index (χ3v) is 6.35. The van der Waals surface area contributed by atoms with Crippen molar-refractivity contribution in [1.82, 2.24) is 24.8 Å². The van der Waals surface area contributed by atoms with E-state index in [9.17, 15) is 0 Å². The van der Waals surface area contributed by atoms with Gasteiger partial charge < -0.3 is 10.2 Å². The van der Waals surface area contributed by atoms with E-state index in [2.05, 4.69) is 44.2 Å². The van der Waals surface area contributed by atoms with Crippen LogP contribution in [-0.2, 0) is 0 Å². The van der Waals surface area contributed by atoms with Crippen molar-refractivity contribution in [3.63, 3.8) is 0 Å². The van der Waals surface area contributed by atoms with Gasteiger partial charge >= 0.3 is 0 Å². The van der Waals surface area contributed by atoms with Crippen LogP contribution in [0.5, 0.6) is 0 Å². The lowest BCUT2D eigenvalue weighted by molar-refractivity contribution is 0.357. The zero-order valence-corrected chi connectivity index (χ0v) is 16.2. The van der Waals surface area contributed by atoms with Crippen molar-refractivity contribution in [3.8, 4) is 5.13 Å². The monoisotopic (exact) mass is 391 g/mol. The Morgan fingerprint density at radius 2 is 1.93 bits per heavy atom. The minimum Gasteiger partial charge on any atom is -0.352 e. The first-order valence-corrected chi connectivity index (χ1v) is 9.92. The van der Waals surface area contributed by atoms with Crippen LogP contribution in [-0.4, -0.2) is 31.6 Å². The summed E-state index contributed by atoms with van der Waals surface area (Å²) in [6, 6.07) is 18.4. The van der Waals surface area contributed by atoms with E-state index >= 15 is 0 Å². The Hall–Kier alpha value is -2.77. The molecule has 5 rings (SSSR count). The van der Waals surface area contributed by atoms with Crippen LogP contribution < -0.4 is 5.32 Å². The van der Waals surface area contributed by atoms with E-state index < -0.39 is 0 Å². The van der Waals surface area contributed by atoms with Crippen molar-refractivity contribution >= 4 is 38.9 Å². The molecule has 0 aliphatic carbocycles. The van der Waals surface area contributed by atoms with Gasteiger partial charge in [0.05, 0.1) is 33.7 Å². The average molecular weight is 392 g/mol. The Morgan fingerprint density at radius 3 is 2.74 bits per heavy atom. The van der Waals surface area contributed by atoms with E-state index in [4.69, 9.17) is 17.2 Å². The van der Waals surface area contributed by atoms with Gasteiger partial charge in [0.25, 0.3) is 0 Å². The maximum absolute atomic E-state index is 5.55. The Labute approximate surface area is 166 Å². The number of rotatable bonds is 3. The molecule has 27 heavy (non-hydrogen) atoms. The van der Waals surface area contributed by atoms with Crippen molar-refractivity contribution in [2.24, 2.45) is 0 Å². The number of hydrogen-bond donors (Lipinski definition) is 1. The zero-order valence-electron chi connectivity index (χ0n) is 14.6. The molecule has 3 aromatic heterocycles. The van der Waals surface area contributed by atoms with Gasteiger partial charge in [-0.2, -0.15) is 0 Å². The van der Waals surface area contributed by atoms with Gasteiger partial charge in [-0.05, 0) is 48.6 Å². The first kappa shape index (κ1) is 16.4. The number of thiocarbonyl (C=S) groups is 1. The highest BCUT2D eigenvalue weighted by Gasteiger charge is 2.39. The predicted octanol–water partition coefficient (Wildman–Crippen LogP) is 4.08. The summed E-state index contributed by atoms with van der Waals surface area (Å²) in [6.07, 6.45) is 3.89. The molecule has 5 nitrogen and oxygen atoms in total. The normalized spacial score (nSPS) is 19.6. The highest BCUT2D eigenvalue weighted by Crippen LogP contribution is 2.39. The van der Waals surface area contributed by atoms with Crippen LogP contribution in [0, 0.1) is 0 Å². The molecule has 1 aromatic carbocycles. The lowest BCUT2D eigenvalue weighted by atomic mass is 10.0. The standard InChI is InChI=1S/C20H17N5S2/c1-24-18(17(23-19(24)26)14-8-4-5-11-21-14)15-9-6-12-25(15)20-22-13-7-2-3-10-16(13)27-20/h2-12,17-18H,1H3,(H,23,26). The molecule has 0 saturated carbocycles. The van der Waals surface area contributed by atoms with Gasteiger partial charge in [0, 0.05) is 19.4 Å². The van der Waals surface area contributed by atoms with Crippen LogP contribution in [0.4, 0.5) is 0 Å². The van der Waals surface area contributed by atoms with E-state index in [1.165, 1.54) is 4.70 Å². The average Bonchev–Trinajstić information content (AvgIpc) is 3.40. The maximum atomic E-state index is 5.55. The summed E-state index contributed by atoms with van der Waals surface area (Å²) in [7, 11) is 2.03. The minimum atomic E-state index is -0.00766. The van der Waals surface area contributed by atoms with Gasteiger partial charge in [-0.15, -0.1) is 0 Å². The second kappa shape index (κ2) is 6.44. The summed E-state index contributed by atoms with van der Waals surface area (Å²) in [5, 5.41) is 5.12. The second-order valence-corrected chi connectivity index (χ2v) is 7.90. The van der Waals surface area contributed by atoms with E-state index in [1.807, 2.05) is 49.6 Å². The number of aromatic nitrogens is 3. The highest BCUT2D eigenvalue weighted by atomic mass is 32.1. The third-order valence-electron chi connectivity index (χ3n) is 4.91. The second-order valence-electron chi connectivity index (χ2n) is 6.50. The molecular weight excluding hydrogens is 374 g/mol. The fourth-order valence-corrected chi connectivity index (χ4v) is 4.81. The lowest BCUT2D eigenvalue weighted by Crippen LogP contribution is -2.25. The van der Waals surface area contributed by atoms with Gasteiger partial charge in [0.15, 0.2) is 10.2 Å². The molecule has 7 heteroatoms. The summed E-state index contributed by atoms with van der Waals surface area (Å²) in [6.45, 7) is 0. The van der Waals surface area contributed by atoms with Crippen LogP contribution >= 0.6 is 23.6 Å². The molecule has 1 saturated heterocycles. The number of hydrogen-bond acceptors (Lipinski definition) is 4. The van der Waals surface area contributed by atoms with Crippen LogP contribution in [0.1, 0.15) is 23.5 Å². The summed E-state index contributed by atoms with van der Waals surface area (Å²) in [5.41, 5.74) is 3.14. The topological polar surface area (TPSA) is 46.0 Å². The van der Waals surface area contributed by atoms with Crippen molar-refractivity contribution < 1.29 is 0 Å². The van der Waals surface area contributed by atoms with Gasteiger partial charge in [-0.3, -0.25) is 9.55 Å². The SMILES string of the molecule is CN1C(=S)NC(c2ccccn2)C1c1cccn1-c1nc2ccccc2s1. The zero-order chi connectivity index (χ0) is 18.4. The van der Waals surface area contributed by atoms with Crippen LogP contribution in [0.3, 0.4) is 0 Å². The number of pyridine rings is 1. The molecule has 4 heterocycles. The maximum Gasteiger partial charge on any atom is 0.194 e. The van der Waals surface area contributed by atoms with Gasteiger partial charge in [-0.25, -0.2) is 4.98 Å². The number of fused-ring (bicyclic) bond motifs is 1. The molecule has 1 fully saturated rings. The predicted molar refractivity (Wildman–Crippen MR) is 112 cm³/mol. The molecule has 1 N–H and O–H groups in total. The molecule has 0 amide bonds. The molecule has 2 atom stereocenters. The molecule has 2 unspecified atom stereocenters.